The number of piperazine rings is 1. The first-order chi connectivity index (χ1) is 19.6. The van der Waals surface area contributed by atoms with E-state index < -0.39 is 0 Å². The van der Waals surface area contributed by atoms with Gasteiger partial charge in [0.05, 0.1) is 36.1 Å². The van der Waals surface area contributed by atoms with Gasteiger partial charge in [-0.25, -0.2) is 4.79 Å². The molecule has 1 saturated carbocycles. The van der Waals surface area contributed by atoms with E-state index in [1.54, 1.807) is 0 Å². The molecule has 13 heteroatoms. The molecule has 3 aromatic rings. The maximum atomic E-state index is 12.0. The summed E-state index contributed by atoms with van der Waals surface area (Å²) in [7, 11) is 1.47. The summed E-state index contributed by atoms with van der Waals surface area (Å²) in [5.41, 5.74) is 1.84. The summed E-state index contributed by atoms with van der Waals surface area (Å²) >= 11 is 1.41. The fourth-order valence-corrected chi connectivity index (χ4v) is 7.84. The van der Waals surface area contributed by atoms with Gasteiger partial charge in [0.15, 0.2) is 4.83 Å². The number of anilines is 3. The van der Waals surface area contributed by atoms with E-state index in [0.29, 0.717) is 36.2 Å². The van der Waals surface area contributed by atoms with Gasteiger partial charge in [0.25, 0.3) is 0 Å². The second-order valence-corrected chi connectivity index (χ2v) is 12.3. The van der Waals surface area contributed by atoms with Crippen molar-refractivity contribution in [1.82, 2.24) is 33.9 Å². The van der Waals surface area contributed by atoms with Crippen LogP contribution in [-0.2, 0) is 9.47 Å². The van der Waals surface area contributed by atoms with Crippen molar-refractivity contribution < 1.29 is 14.3 Å². The highest BCUT2D eigenvalue weighted by atomic mass is 32.1. The Labute approximate surface area is 237 Å². The van der Waals surface area contributed by atoms with Crippen molar-refractivity contribution in [1.29, 1.82) is 0 Å². The van der Waals surface area contributed by atoms with Crippen LogP contribution < -0.4 is 10.6 Å². The van der Waals surface area contributed by atoms with Crippen molar-refractivity contribution in [3.05, 3.63) is 18.1 Å². The number of methoxy groups -OCH3 is 1. The number of nitrogens with one attached hydrogen (secondary N) is 2. The van der Waals surface area contributed by atoms with Gasteiger partial charge in [0.1, 0.15) is 5.82 Å². The molecule has 2 unspecified atom stereocenters. The van der Waals surface area contributed by atoms with Gasteiger partial charge in [-0.05, 0) is 63.4 Å². The van der Waals surface area contributed by atoms with E-state index in [1.807, 2.05) is 28.9 Å². The quantitative estimate of drug-likeness (QED) is 0.453. The second-order valence-electron chi connectivity index (χ2n) is 11.5. The molecule has 3 aromatic heterocycles. The first kappa shape index (κ1) is 25.9. The summed E-state index contributed by atoms with van der Waals surface area (Å²) in [6, 6.07) is 2.05. The van der Waals surface area contributed by atoms with Crippen molar-refractivity contribution in [3.63, 3.8) is 0 Å². The Morgan fingerprint density at radius 3 is 2.62 bits per heavy atom. The van der Waals surface area contributed by atoms with Gasteiger partial charge in [-0.2, -0.15) is 19.4 Å². The third-order valence-corrected chi connectivity index (χ3v) is 9.96. The standard InChI is InChI=1S/C27H37N9O3S/c1-16-23-24(29-17-3-5-19(6-4-17)34-14-22-11-21(34)15-35(22)27(37)38-2)31-26(32-25(23)40-33-16)30-18-12-28-36(13-18)20-7-9-39-10-8-20/h12-13,17,19-22H,3-11,14-15H2,1-2H3,(H2,29,30,31,32). The molecule has 3 saturated heterocycles. The lowest BCUT2D eigenvalue weighted by Gasteiger charge is -2.41. The number of carbonyl (C=O) groups excluding carboxylic acids is 1. The van der Waals surface area contributed by atoms with E-state index in [1.165, 1.54) is 18.6 Å². The van der Waals surface area contributed by atoms with Gasteiger partial charge in [-0.3, -0.25) is 9.58 Å². The molecular weight excluding hydrogens is 530 g/mol. The Bertz CT molecular complexity index is 1360. The average Bonchev–Trinajstić information content (AvgIpc) is 3.78. The van der Waals surface area contributed by atoms with E-state index in [9.17, 15) is 4.79 Å². The normalized spacial score (nSPS) is 27.4. The van der Waals surface area contributed by atoms with Crippen LogP contribution in [0.25, 0.3) is 10.2 Å². The molecular formula is C27H37N9O3S. The summed E-state index contributed by atoms with van der Waals surface area (Å²) in [4.78, 5) is 27.2. The minimum atomic E-state index is -0.184. The maximum absolute atomic E-state index is 12.0. The van der Waals surface area contributed by atoms with Crippen molar-refractivity contribution in [3.8, 4) is 0 Å². The van der Waals surface area contributed by atoms with Crippen LogP contribution in [0.5, 0.6) is 0 Å². The topological polar surface area (TPSA) is 123 Å². The molecule has 3 aliphatic heterocycles. The second kappa shape index (κ2) is 10.7. The molecule has 4 fully saturated rings. The largest absolute Gasteiger partial charge is 0.453 e. The number of rotatable bonds is 6. The number of fused-ring (bicyclic) bond motifs is 3. The average molecular weight is 568 g/mol. The number of aryl methyl sites for hydroxylation is 1. The van der Waals surface area contributed by atoms with Crippen LogP contribution in [0.15, 0.2) is 12.4 Å². The Hall–Kier alpha value is -3.03. The van der Waals surface area contributed by atoms with E-state index in [-0.39, 0.29) is 6.09 Å². The highest BCUT2D eigenvalue weighted by molar-refractivity contribution is 7.13. The van der Waals surface area contributed by atoms with Crippen LogP contribution in [0.4, 0.5) is 22.2 Å². The highest BCUT2D eigenvalue weighted by Gasteiger charge is 2.48. The Kier molecular flexibility index (Phi) is 6.96. The third-order valence-electron chi connectivity index (χ3n) is 9.13. The molecule has 2 atom stereocenters. The molecule has 4 aliphatic rings. The van der Waals surface area contributed by atoms with Gasteiger partial charge in [-0.15, -0.1) is 0 Å². The Morgan fingerprint density at radius 1 is 1.05 bits per heavy atom. The summed E-state index contributed by atoms with van der Waals surface area (Å²) in [5, 5.41) is 12.7. The van der Waals surface area contributed by atoms with E-state index in [4.69, 9.17) is 19.4 Å². The molecule has 12 nitrogen and oxygen atoms in total. The van der Waals surface area contributed by atoms with Crippen molar-refractivity contribution in [2.45, 2.75) is 82.1 Å². The molecule has 40 heavy (non-hydrogen) atoms. The Morgan fingerprint density at radius 2 is 1.88 bits per heavy atom. The van der Waals surface area contributed by atoms with E-state index in [0.717, 1.165) is 98.7 Å². The number of ether oxygens (including phenoxy) is 2. The number of aromatic nitrogens is 5. The zero-order valence-corrected chi connectivity index (χ0v) is 23.9. The van der Waals surface area contributed by atoms with Crippen LogP contribution in [-0.4, -0.2) is 97.6 Å². The van der Waals surface area contributed by atoms with Crippen LogP contribution in [0.1, 0.15) is 56.7 Å². The number of hydrogen-bond donors (Lipinski definition) is 2. The molecule has 0 spiro atoms. The van der Waals surface area contributed by atoms with Crippen LogP contribution >= 0.6 is 11.5 Å². The van der Waals surface area contributed by atoms with E-state index in [2.05, 4.69) is 25.0 Å². The lowest BCUT2D eigenvalue weighted by Crippen LogP contribution is -2.53. The molecule has 0 radical (unpaired) electrons. The molecule has 2 bridgehead atoms. The number of nitrogens with zero attached hydrogens (tertiary/aromatic N) is 7. The van der Waals surface area contributed by atoms with E-state index >= 15 is 0 Å². The molecule has 6 heterocycles. The molecule has 214 valence electrons. The van der Waals surface area contributed by atoms with Crippen LogP contribution in [0.2, 0.25) is 0 Å². The Balaban J connectivity index is 1.01. The minimum absolute atomic E-state index is 0.184. The predicted molar refractivity (Wildman–Crippen MR) is 152 cm³/mol. The first-order valence-electron chi connectivity index (χ1n) is 14.5. The van der Waals surface area contributed by atoms with Crippen LogP contribution in [0.3, 0.4) is 0 Å². The van der Waals surface area contributed by atoms with Crippen molar-refractivity contribution >= 4 is 45.3 Å². The summed E-state index contributed by atoms with van der Waals surface area (Å²) < 4.78 is 17.1. The fourth-order valence-electron chi connectivity index (χ4n) is 7.06. The third kappa shape index (κ3) is 4.88. The van der Waals surface area contributed by atoms with Crippen molar-refractivity contribution in [2.24, 2.45) is 0 Å². The fraction of sp³-hybridized carbons (Fsp3) is 0.667. The van der Waals surface area contributed by atoms with Gasteiger partial charge in [0, 0.05) is 56.7 Å². The highest BCUT2D eigenvalue weighted by Crippen LogP contribution is 2.37. The minimum Gasteiger partial charge on any atom is -0.453 e. The van der Waals surface area contributed by atoms with Crippen molar-refractivity contribution in [2.75, 3.05) is 44.0 Å². The monoisotopic (exact) mass is 567 g/mol. The van der Waals surface area contributed by atoms with Gasteiger partial charge >= 0.3 is 6.09 Å². The van der Waals surface area contributed by atoms with Gasteiger partial charge in [-0.1, -0.05) is 0 Å². The predicted octanol–water partition coefficient (Wildman–Crippen LogP) is 3.93. The number of amides is 1. The first-order valence-corrected chi connectivity index (χ1v) is 15.2. The SMILES string of the molecule is COC(=O)N1CC2CC1CN2C1CCC(Nc2nc(Nc3cnn(C4CCOCC4)c3)nc3snc(C)c23)CC1. The zero-order chi connectivity index (χ0) is 27.2. The molecule has 0 aromatic carbocycles. The van der Waals surface area contributed by atoms with Crippen LogP contribution in [0, 0.1) is 6.92 Å². The lowest BCUT2D eigenvalue weighted by atomic mass is 9.89. The smallest absolute Gasteiger partial charge is 0.409 e. The molecule has 1 amide bonds. The van der Waals surface area contributed by atoms with Gasteiger partial charge < -0.3 is 25.0 Å². The molecule has 1 aliphatic carbocycles. The molecule has 2 N–H and O–H groups in total. The molecule has 7 rings (SSSR count). The maximum Gasteiger partial charge on any atom is 0.409 e. The summed E-state index contributed by atoms with van der Waals surface area (Å²) in [6.07, 6.45) is 11.2. The number of likely N-dealkylation sites (tertiary alicyclic amines) is 2. The summed E-state index contributed by atoms with van der Waals surface area (Å²) in [5.74, 6) is 1.41. The zero-order valence-electron chi connectivity index (χ0n) is 23.1. The number of hydrogen-bond acceptors (Lipinski definition) is 11. The summed E-state index contributed by atoms with van der Waals surface area (Å²) in [6.45, 7) is 5.34. The lowest BCUT2D eigenvalue weighted by molar-refractivity contribution is 0.0615. The van der Waals surface area contributed by atoms with Gasteiger partial charge in [0.2, 0.25) is 5.95 Å². The number of carbonyl (C=O) groups is 1.